The van der Waals surface area contributed by atoms with Gasteiger partial charge in [0.1, 0.15) is 18.7 Å². The Labute approximate surface area is 68.4 Å². The molecule has 0 unspecified atom stereocenters. The van der Waals surface area contributed by atoms with Crippen LogP contribution in [0.4, 0.5) is 8.78 Å². The number of rotatable bonds is 4. The summed E-state index contributed by atoms with van der Waals surface area (Å²) in [5.74, 6) is 0.512. The molecule has 0 radical (unpaired) electrons. The summed E-state index contributed by atoms with van der Waals surface area (Å²) >= 11 is 0. The lowest BCUT2D eigenvalue weighted by molar-refractivity contribution is 0.120. The van der Waals surface area contributed by atoms with E-state index in [-0.39, 0.29) is 0 Å². The summed E-state index contributed by atoms with van der Waals surface area (Å²) < 4.78 is 25.0. The third kappa shape index (κ3) is 2.23. The van der Waals surface area contributed by atoms with Crippen LogP contribution in [0.15, 0.2) is 6.33 Å². The smallest absolute Gasteiger partial charge is 0.257 e. The van der Waals surface area contributed by atoms with Gasteiger partial charge in [0.25, 0.3) is 6.43 Å². The number of nitrogens with zero attached hydrogens (tertiary/aromatic N) is 3. The standard InChI is InChI=1S/C6H10F2N4/c7-5(8)3-12-6(1-2-9)10-4-11-12/h4-5H,1-3,9H2. The van der Waals surface area contributed by atoms with Gasteiger partial charge in [-0.1, -0.05) is 0 Å². The van der Waals surface area contributed by atoms with Gasteiger partial charge in [-0.05, 0) is 6.54 Å². The van der Waals surface area contributed by atoms with E-state index in [9.17, 15) is 8.78 Å². The van der Waals surface area contributed by atoms with Gasteiger partial charge in [-0.15, -0.1) is 0 Å². The SMILES string of the molecule is NCCc1ncnn1CC(F)F. The highest BCUT2D eigenvalue weighted by molar-refractivity contribution is 4.85. The monoisotopic (exact) mass is 176 g/mol. The van der Waals surface area contributed by atoms with Crippen LogP contribution in [0.25, 0.3) is 0 Å². The Balaban J connectivity index is 2.63. The molecule has 0 aromatic carbocycles. The third-order valence-corrected chi connectivity index (χ3v) is 1.37. The van der Waals surface area contributed by atoms with Crippen molar-refractivity contribution in [1.82, 2.24) is 14.8 Å². The van der Waals surface area contributed by atoms with Crippen molar-refractivity contribution >= 4 is 0 Å². The molecule has 6 heteroatoms. The van der Waals surface area contributed by atoms with Gasteiger partial charge in [-0.2, -0.15) is 5.10 Å². The summed E-state index contributed by atoms with van der Waals surface area (Å²) in [5, 5.41) is 3.64. The molecule has 0 aliphatic heterocycles. The number of nitrogens with two attached hydrogens (primary N) is 1. The molecular formula is C6H10F2N4. The molecule has 4 nitrogen and oxygen atoms in total. The van der Waals surface area contributed by atoms with Gasteiger partial charge in [0.05, 0.1) is 0 Å². The normalized spacial score (nSPS) is 11.0. The highest BCUT2D eigenvalue weighted by Crippen LogP contribution is 2.00. The van der Waals surface area contributed by atoms with Gasteiger partial charge < -0.3 is 5.73 Å². The highest BCUT2D eigenvalue weighted by atomic mass is 19.3. The van der Waals surface area contributed by atoms with Crippen LogP contribution < -0.4 is 5.73 Å². The topological polar surface area (TPSA) is 56.7 Å². The molecule has 0 saturated heterocycles. The molecule has 0 aliphatic carbocycles. The van der Waals surface area contributed by atoms with E-state index in [2.05, 4.69) is 10.1 Å². The number of halogens is 2. The van der Waals surface area contributed by atoms with E-state index in [1.54, 1.807) is 0 Å². The van der Waals surface area contributed by atoms with Crippen LogP contribution in [0.3, 0.4) is 0 Å². The molecule has 0 saturated carbocycles. The second-order valence-corrected chi connectivity index (χ2v) is 2.29. The quantitative estimate of drug-likeness (QED) is 0.704. The first-order valence-electron chi connectivity index (χ1n) is 3.59. The van der Waals surface area contributed by atoms with E-state index in [1.807, 2.05) is 0 Å². The molecule has 1 aromatic heterocycles. The number of hydrogen-bond acceptors (Lipinski definition) is 3. The van der Waals surface area contributed by atoms with E-state index in [1.165, 1.54) is 11.0 Å². The van der Waals surface area contributed by atoms with Crippen molar-refractivity contribution in [3.63, 3.8) is 0 Å². The van der Waals surface area contributed by atoms with Gasteiger partial charge in [-0.3, -0.25) is 0 Å². The number of aromatic nitrogens is 3. The van der Waals surface area contributed by atoms with Crippen LogP contribution in [0, 0.1) is 0 Å². The van der Waals surface area contributed by atoms with Gasteiger partial charge in [0.15, 0.2) is 0 Å². The summed E-state index contributed by atoms with van der Waals surface area (Å²) in [6.07, 6.45) is -0.664. The van der Waals surface area contributed by atoms with Crippen molar-refractivity contribution in [2.75, 3.05) is 6.54 Å². The van der Waals surface area contributed by atoms with Crippen molar-refractivity contribution in [2.24, 2.45) is 5.73 Å². The molecule has 0 spiro atoms. The fourth-order valence-corrected chi connectivity index (χ4v) is 0.894. The maximum atomic E-state index is 11.9. The molecule has 12 heavy (non-hydrogen) atoms. The van der Waals surface area contributed by atoms with Crippen LogP contribution in [0.5, 0.6) is 0 Å². The fraction of sp³-hybridized carbons (Fsp3) is 0.667. The minimum Gasteiger partial charge on any atom is -0.330 e. The zero-order valence-electron chi connectivity index (χ0n) is 6.45. The number of alkyl halides is 2. The predicted octanol–water partition coefficient (Wildman–Crippen LogP) is 0.0444. The Hall–Kier alpha value is -1.04. The fourth-order valence-electron chi connectivity index (χ4n) is 0.894. The molecule has 0 bridgehead atoms. The van der Waals surface area contributed by atoms with Crippen LogP contribution >= 0.6 is 0 Å². The minimum atomic E-state index is -2.40. The zero-order valence-corrected chi connectivity index (χ0v) is 6.45. The number of hydrogen-bond donors (Lipinski definition) is 1. The summed E-state index contributed by atoms with van der Waals surface area (Å²) in [4.78, 5) is 3.80. The molecule has 2 N–H and O–H groups in total. The van der Waals surface area contributed by atoms with E-state index >= 15 is 0 Å². The average Bonchev–Trinajstić information content (AvgIpc) is 2.37. The van der Waals surface area contributed by atoms with Gasteiger partial charge in [0.2, 0.25) is 0 Å². The molecule has 1 rings (SSSR count). The molecule has 68 valence electrons. The van der Waals surface area contributed by atoms with E-state index in [0.29, 0.717) is 18.8 Å². The maximum Gasteiger partial charge on any atom is 0.257 e. The van der Waals surface area contributed by atoms with Crippen molar-refractivity contribution in [3.8, 4) is 0 Å². The zero-order chi connectivity index (χ0) is 8.97. The van der Waals surface area contributed by atoms with Crippen molar-refractivity contribution in [2.45, 2.75) is 19.4 Å². The van der Waals surface area contributed by atoms with Crippen LogP contribution in [0.2, 0.25) is 0 Å². The Morgan fingerprint density at radius 1 is 1.58 bits per heavy atom. The third-order valence-electron chi connectivity index (χ3n) is 1.37. The highest BCUT2D eigenvalue weighted by Gasteiger charge is 2.08. The molecule has 0 amide bonds. The summed E-state index contributed by atoms with van der Waals surface area (Å²) in [5.41, 5.74) is 5.25. The summed E-state index contributed by atoms with van der Waals surface area (Å²) in [6, 6.07) is 0. The largest absolute Gasteiger partial charge is 0.330 e. The first-order chi connectivity index (χ1) is 5.74. The van der Waals surface area contributed by atoms with E-state index in [0.717, 1.165) is 0 Å². The summed E-state index contributed by atoms with van der Waals surface area (Å²) in [7, 11) is 0. The van der Waals surface area contributed by atoms with Crippen molar-refractivity contribution in [1.29, 1.82) is 0 Å². The molecular weight excluding hydrogens is 166 g/mol. The molecule has 1 aromatic rings. The van der Waals surface area contributed by atoms with Crippen molar-refractivity contribution in [3.05, 3.63) is 12.2 Å². The van der Waals surface area contributed by atoms with E-state index in [4.69, 9.17) is 5.73 Å². The summed E-state index contributed by atoms with van der Waals surface area (Å²) in [6.45, 7) is -0.0166. The lowest BCUT2D eigenvalue weighted by atomic mass is 10.4. The van der Waals surface area contributed by atoms with Crippen LogP contribution in [-0.2, 0) is 13.0 Å². The Morgan fingerprint density at radius 2 is 2.33 bits per heavy atom. The first-order valence-corrected chi connectivity index (χ1v) is 3.59. The first kappa shape index (κ1) is 9.05. The van der Waals surface area contributed by atoms with E-state index < -0.39 is 13.0 Å². The maximum absolute atomic E-state index is 11.9. The second-order valence-electron chi connectivity index (χ2n) is 2.29. The lowest BCUT2D eigenvalue weighted by Crippen LogP contribution is -2.14. The van der Waals surface area contributed by atoms with Crippen molar-refractivity contribution < 1.29 is 8.78 Å². The molecule has 0 aliphatic rings. The second kappa shape index (κ2) is 4.10. The van der Waals surface area contributed by atoms with Crippen LogP contribution in [0.1, 0.15) is 5.82 Å². The van der Waals surface area contributed by atoms with Gasteiger partial charge in [-0.25, -0.2) is 18.4 Å². The molecule has 0 atom stereocenters. The van der Waals surface area contributed by atoms with Crippen LogP contribution in [-0.4, -0.2) is 27.7 Å². The Kier molecular flexibility index (Phi) is 3.09. The predicted molar refractivity (Wildman–Crippen MR) is 38.8 cm³/mol. The average molecular weight is 176 g/mol. The minimum absolute atomic E-state index is 0.391. The lowest BCUT2D eigenvalue weighted by Gasteiger charge is -2.02. The Bertz CT molecular complexity index is 235. The molecule has 1 heterocycles. The van der Waals surface area contributed by atoms with Gasteiger partial charge in [0, 0.05) is 6.42 Å². The molecule has 0 fully saturated rings. The Morgan fingerprint density at radius 3 is 2.92 bits per heavy atom. The van der Waals surface area contributed by atoms with Gasteiger partial charge >= 0.3 is 0 Å².